The Morgan fingerprint density at radius 3 is 1.21 bits per heavy atom. The summed E-state index contributed by atoms with van der Waals surface area (Å²) < 4.78 is 33.3. The van der Waals surface area contributed by atoms with Crippen LogP contribution in [-0.2, 0) is 27.9 Å². The Labute approximate surface area is 322 Å². The van der Waals surface area contributed by atoms with E-state index in [-0.39, 0.29) is 32.3 Å². The lowest BCUT2D eigenvalue weighted by Crippen LogP contribution is -2.28. The maximum Gasteiger partial charge on any atom is 0.472 e. The predicted octanol–water partition coefficient (Wildman–Crippen LogP) is 13.3. The molecular weight excluding hydrogens is 673 g/mol. The molecule has 0 saturated carbocycles. The van der Waals surface area contributed by atoms with Crippen molar-refractivity contribution in [1.29, 1.82) is 0 Å². The summed E-state index contributed by atoms with van der Waals surface area (Å²) >= 11 is 0. The molecule has 0 aliphatic heterocycles. The first-order valence-corrected chi connectivity index (χ1v) is 24.0. The Hall–Kier alpha value is -0.500. The van der Waals surface area contributed by atoms with Gasteiger partial charge in [0.2, 0.25) is 0 Å². The van der Waals surface area contributed by atoms with Crippen molar-refractivity contribution in [1.82, 2.24) is 0 Å². The minimum absolute atomic E-state index is 0.0907. The molecule has 0 aliphatic carbocycles. The number of rotatable bonds is 44. The number of esters is 1. The van der Waals surface area contributed by atoms with Crippen LogP contribution in [0.3, 0.4) is 0 Å². The number of hydrogen-bond acceptors (Lipinski definition) is 7. The zero-order valence-electron chi connectivity index (χ0n) is 34.6. The van der Waals surface area contributed by atoms with Gasteiger partial charge in [0, 0.05) is 19.6 Å². The lowest BCUT2D eigenvalue weighted by molar-refractivity contribution is -0.154. The normalized spacial score (nSPS) is 13.4. The number of unbranched alkanes of at least 4 members (excludes halogenated alkanes) is 31. The second-order valence-electron chi connectivity index (χ2n) is 15.3. The first kappa shape index (κ1) is 51.5. The van der Waals surface area contributed by atoms with Crippen molar-refractivity contribution in [3.63, 3.8) is 0 Å². The Bertz CT molecular complexity index is 772. The highest BCUT2D eigenvalue weighted by Crippen LogP contribution is 2.43. The van der Waals surface area contributed by atoms with Gasteiger partial charge < -0.3 is 20.1 Å². The maximum atomic E-state index is 12.4. The highest BCUT2D eigenvalue weighted by molar-refractivity contribution is 7.47. The first-order chi connectivity index (χ1) is 25.4. The van der Waals surface area contributed by atoms with Crippen LogP contribution in [-0.4, -0.2) is 49.9 Å². The molecule has 52 heavy (non-hydrogen) atoms. The zero-order valence-corrected chi connectivity index (χ0v) is 35.5. The number of phosphoric ester groups is 1. The standard InChI is InChI=1S/C43H88NO7P/c1-3-5-7-9-11-12-13-14-15-16-17-18-19-20-21-22-23-24-25-26-27-28-29-31-33-35-38-48-40-42(41-50-52(46,47)49-39-37-44)51-43(45)36-34-32-30-10-8-6-4-2/h42H,3-41,44H2,1-2H3,(H,46,47). The zero-order chi connectivity index (χ0) is 38.1. The molecule has 0 aromatic heterocycles. The third-order valence-corrected chi connectivity index (χ3v) is 11.0. The van der Waals surface area contributed by atoms with E-state index in [1.54, 1.807) is 0 Å². The highest BCUT2D eigenvalue weighted by Gasteiger charge is 2.25. The Morgan fingerprint density at radius 1 is 0.500 bits per heavy atom. The molecule has 312 valence electrons. The van der Waals surface area contributed by atoms with Gasteiger partial charge in [0.15, 0.2) is 0 Å². The van der Waals surface area contributed by atoms with E-state index in [9.17, 15) is 14.3 Å². The van der Waals surface area contributed by atoms with Gasteiger partial charge in [-0.3, -0.25) is 13.8 Å². The van der Waals surface area contributed by atoms with Crippen LogP contribution in [0.1, 0.15) is 232 Å². The first-order valence-electron chi connectivity index (χ1n) is 22.5. The fourth-order valence-electron chi connectivity index (χ4n) is 6.70. The van der Waals surface area contributed by atoms with Crippen molar-refractivity contribution >= 4 is 13.8 Å². The number of hydrogen-bond donors (Lipinski definition) is 2. The molecule has 0 aromatic carbocycles. The molecular formula is C43H88NO7P. The van der Waals surface area contributed by atoms with Crippen LogP contribution in [0, 0.1) is 0 Å². The molecule has 0 amide bonds. The average molecular weight is 762 g/mol. The molecule has 9 heteroatoms. The summed E-state index contributed by atoms with van der Waals surface area (Å²) in [5.74, 6) is -0.332. The van der Waals surface area contributed by atoms with E-state index in [0.29, 0.717) is 13.0 Å². The largest absolute Gasteiger partial charge is 0.472 e. The minimum Gasteiger partial charge on any atom is -0.457 e. The average Bonchev–Trinajstić information content (AvgIpc) is 3.13. The van der Waals surface area contributed by atoms with E-state index in [0.717, 1.165) is 32.1 Å². The lowest BCUT2D eigenvalue weighted by Gasteiger charge is -2.20. The molecule has 2 atom stereocenters. The number of nitrogens with two attached hydrogens (primary N) is 1. The van der Waals surface area contributed by atoms with Crippen molar-refractivity contribution in [3.05, 3.63) is 0 Å². The third kappa shape index (κ3) is 40.7. The second-order valence-corrected chi connectivity index (χ2v) is 16.7. The molecule has 2 unspecified atom stereocenters. The topological polar surface area (TPSA) is 117 Å². The van der Waals surface area contributed by atoms with Crippen molar-refractivity contribution < 1.29 is 32.8 Å². The minimum atomic E-state index is -4.26. The van der Waals surface area contributed by atoms with Crippen molar-refractivity contribution in [2.75, 3.05) is 33.0 Å². The van der Waals surface area contributed by atoms with Gasteiger partial charge in [-0.15, -0.1) is 0 Å². The summed E-state index contributed by atoms with van der Waals surface area (Å²) in [6.45, 7) is 4.93. The smallest absolute Gasteiger partial charge is 0.457 e. The van der Waals surface area contributed by atoms with Gasteiger partial charge in [0.1, 0.15) is 6.10 Å². The van der Waals surface area contributed by atoms with Gasteiger partial charge in [-0.1, -0.05) is 213 Å². The Kier molecular flexibility index (Phi) is 41.3. The van der Waals surface area contributed by atoms with E-state index in [1.165, 1.54) is 180 Å². The highest BCUT2D eigenvalue weighted by atomic mass is 31.2. The molecule has 0 aromatic rings. The Balaban J connectivity index is 3.71. The van der Waals surface area contributed by atoms with Crippen molar-refractivity contribution in [3.8, 4) is 0 Å². The van der Waals surface area contributed by atoms with Crippen LogP contribution >= 0.6 is 7.82 Å². The maximum absolute atomic E-state index is 12.4. The van der Waals surface area contributed by atoms with E-state index in [2.05, 4.69) is 13.8 Å². The summed E-state index contributed by atoms with van der Waals surface area (Å²) in [4.78, 5) is 22.3. The van der Waals surface area contributed by atoms with Gasteiger partial charge in [0.25, 0.3) is 0 Å². The van der Waals surface area contributed by atoms with Crippen LogP contribution in [0.25, 0.3) is 0 Å². The van der Waals surface area contributed by atoms with Crippen molar-refractivity contribution in [2.24, 2.45) is 5.73 Å². The molecule has 3 N–H and O–H groups in total. The molecule has 0 heterocycles. The summed E-state index contributed by atoms with van der Waals surface area (Å²) in [7, 11) is -4.26. The molecule has 0 spiro atoms. The van der Waals surface area contributed by atoms with Crippen LogP contribution in [0.2, 0.25) is 0 Å². The van der Waals surface area contributed by atoms with Gasteiger partial charge in [-0.05, 0) is 12.8 Å². The number of carbonyl (C=O) groups excluding carboxylic acids is 1. The van der Waals surface area contributed by atoms with E-state index < -0.39 is 13.9 Å². The molecule has 0 aliphatic rings. The summed E-state index contributed by atoms with van der Waals surface area (Å²) in [6, 6.07) is 0. The second kappa shape index (κ2) is 41.7. The Morgan fingerprint density at radius 2 is 0.846 bits per heavy atom. The van der Waals surface area contributed by atoms with Crippen LogP contribution in [0.5, 0.6) is 0 Å². The van der Waals surface area contributed by atoms with Crippen LogP contribution in [0.4, 0.5) is 0 Å². The van der Waals surface area contributed by atoms with Crippen LogP contribution in [0.15, 0.2) is 0 Å². The summed E-state index contributed by atoms with van der Waals surface area (Å²) in [5.41, 5.74) is 5.35. The summed E-state index contributed by atoms with van der Waals surface area (Å²) in [5, 5.41) is 0. The van der Waals surface area contributed by atoms with Gasteiger partial charge in [0.05, 0.1) is 19.8 Å². The monoisotopic (exact) mass is 762 g/mol. The fourth-order valence-corrected chi connectivity index (χ4v) is 7.47. The SMILES string of the molecule is CCCCCCCCCCCCCCCCCCCCCCCCCCCCOCC(COP(=O)(O)OCCN)OC(=O)CCCCCCCCC. The fraction of sp³-hybridized carbons (Fsp3) is 0.977. The molecule has 0 radical (unpaired) electrons. The van der Waals surface area contributed by atoms with E-state index in [4.69, 9.17) is 24.3 Å². The number of ether oxygens (including phenoxy) is 2. The third-order valence-electron chi connectivity index (χ3n) is 10.0. The lowest BCUT2D eigenvalue weighted by atomic mass is 10.0. The van der Waals surface area contributed by atoms with E-state index in [1.807, 2.05) is 0 Å². The van der Waals surface area contributed by atoms with Crippen LogP contribution < -0.4 is 5.73 Å². The van der Waals surface area contributed by atoms with Crippen molar-refractivity contribution in [2.45, 2.75) is 238 Å². The molecule has 0 rings (SSSR count). The molecule has 0 bridgehead atoms. The van der Waals surface area contributed by atoms with Gasteiger partial charge >= 0.3 is 13.8 Å². The summed E-state index contributed by atoms with van der Waals surface area (Å²) in [6.07, 6.45) is 43.1. The number of phosphoric acid groups is 1. The predicted molar refractivity (Wildman–Crippen MR) is 220 cm³/mol. The van der Waals surface area contributed by atoms with E-state index >= 15 is 0 Å². The quantitative estimate of drug-likeness (QED) is 0.0358. The van der Waals surface area contributed by atoms with Gasteiger partial charge in [-0.25, -0.2) is 4.57 Å². The van der Waals surface area contributed by atoms with Gasteiger partial charge in [-0.2, -0.15) is 0 Å². The number of carbonyl (C=O) groups is 1. The molecule has 8 nitrogen and oxygen atoms in total. The molecule has 0 fully saturated rings. The molecule has 0 saturated heterocycles.